The lowest BCUT2D eigenvalue weighted by Gasteiger charge is -2.16. The Morgan fingerprint density at radius 1 is 1.09 bits per heavy atom. The Balaban J connectivity index is 1.98. The van der Waals surface area contributed by atoms with Gasteiger partial charge in [-0.05, 0) is 38.6 Å². The van der Waals surface area contributed by atoms with E-state index in [1.165, 1.54) is 44.1 Å². The summed E-state index contributed by atoms with van der Waals surface area (Å²) < 4.78 is 0. The first-order valence-electron chi connectivity index (χ1n) is 8.97. The lowest BCUT2D eigenvalue weighted by molar-refractivity contribution is -0.118. The Morgan fingerprint density at radius 3 is 2.32 bits per heavy atom. The lowest BCUT2D eigenvalue weighted by atomic mass is 10.0. The molecule has 0 bridgehead atoms. The molecule has 0 radical (unpaired) electrons. The molecule has 1 fully saturated rings. The second kappa shape index (κ2) is 11.5. The smallest absolute Gasteiger partial charge is 0.154 e. The van der Waals surface area contributed by atoms with Gasteiger partial charge in [-0.2, -0.15) is 0 Å². The standard InChI is InChI=1S/C19H34N2O/c1-16(11-8-6-4-3-5-7-9-14-20)15-17(2)21-18-12-10-13-19(18)22/h18,21H,1-15,20H2. The van der Waals surface area contributed by atoms with Gasteiger partial charge in [-0.1, -0.05) is 50.8 Å². The van der Waals surface area contributed by atoms with Gasteiger partial charge < -0.3 is 11.1 Å². The van der Waals surface area contributed by atoms with Gasteiger partial charge in [-0.15, -0.1) is 0 Å². The summed E-state index contributed by atoms with van der Waals surface area (Å²) in [5, 5.41) is 3.27. The van der Waals surface area contributed by atoms with Gasteiger partial charge in [0.05, 0.1) is 6.04 Å². The Bertz CT molecular complexity index is 362. The molecule has 3 heteroatoms. The van der Waals surface area contributed by atoms with Crippen LogP contribution in [0.4, 0.5) is 0 Å². The number of carbonyl (C=O) groups excluding carboxylic acids is 1. The van der Waals surface area contributed by atoms with Crippen LogP contribution in [0.2, 0.25) is 0 Å². The molecule has 1 atom stereocenters. The minimum atomic E-state index is 0.00817. The van der Waals surface area contributed by atoms with Gasteiger partial charge in [0.2, 0.25) is 0 Å². The minimum Gasteiger partial charge on any atom is -0.379 e. The summed E-state index contributed by atoms with van der Waals surface area (Å²) in [5.41, 5.74) is 7.66. The normalized spacial score (nSPS) is 17.7. The van der Waals surface area contributed by atoms with E-state index in [0.717, 1.165) is 50.8 Å². The number of Topliss-reactive ketones (excluding diaryl/α,β-unsaturated/α-hetero) is 1. The number of rotatable bonds is 13. The largest absolute Gasteiger partial charge is 0.379 e. The van der Waals surface area contributed by atoms with Crippen LogP contribution in [-0.2, 0) is 4.79 Å². The molecule has 22 heavy (non-hydrogen) atoms. The number of hydrogen-bond acceptors (Lipinski definition) is 3. The van der Waals surface area contributed by atoms with Crippen LogP contribution in [0.3, 0.4) is 0 Å². The Hall–Kier alpha value is -1.09. The van der Waals surface area contributed by atoms with Crippen LogP contribution < -0.4 is 11.1 Å². The summed E-state index contributed by atoms with van der Waals surface area (Å²) in [6.07, 6.45) is 13.4. The molecule has 0 saturated heterocycles. The first kappa shape index (κ1) is 19.0. The van der Waals surface area contributed by atoms with Crippen molar-refractivity contribution in [2.75, 3.05) is 6.54 Å². The maximum atomic E-state index is 11.6. The van der Waals surface area contributed by atoms with Crippen LogP contribution in [0, 0.1) is 0 Å². The molecule has 1 saturated carbocycles. The molecule has 3 nitrogen and oxygen atoms in total. The quantitative estimate of drug-likeness (QED) is 0.395. The van der Waals surface area contributed by atoms with Crippen molar-refractivity contribution in [2.24, 2.45) is 5.73 Å². The monoisotopic (exact) mass is 306 g/mol. The molecule has 1 unspecified atom stereocenters. The van der Waals surface area contributed by atoms with Crippen molar-refractivity contribution in [3.63, 3.8) is 0 Å². The molecule has 0 heterocycles. The second-order valence-electron chi connectivity index (χ2n) is 6.60. The highest BCUT2D eigenvalue weighted by molar-refractivity contribution is 5.86. The topological polar surface area (TPSA) is 55.1 Å². The van der Waals surface area contributed by atoms with Gasteiger partial charge >= 0.3 is 0 Å². The molecule has 0 aromatic heterocycles. The van der Waals surface area contributed by atoms with E-state index in [0.29, 0.717) is 5.78 Å². The molecule has 1 aliphatic rings. The van der Waals surface area contributed by atoms with Gasteiger partial charge in [0.15, 0.2) is 5.78 Å². The summed E-state index contributed by atoms with van der Waals surface area (Å²) >= 11 is 0. The van der Waals surface area contributed by atoms with Crippen molar-refractivity contribution in [1.29, 1.82) is 0 Å². The van der Waals surface area contributed by atoms with Crippen LogP contribution >= 0.6 is 0 Å². The first-order valence-corrected chi connectivity index (χ1v) is 8.97. The van der Waals surface area contributed by atoms with E-state index >= 15 is 0 Å². The number of nitrogens with two attached hydrogens (primary N) is 1. The minimum absolute atomic E-state index is 0.00817. The van der Waals surface area contributed by atoms with E-state index in [-0.39, 0.29) is 6.04 Å². The third kappa shape index (κ3) is 8.38. The van der Waals surface area contributed by atoms with E-state index in [1.807, 2.05) is 0 Å². The Morgan fingerprint density at radius 2 is 1.73 bits per heavy atom. The van der Waals surface area contributed by atoms with Crippen molar-refractivity contribution in [3.05, 3.63) is 24.4 Å². The van der Waals surface area contributed by atoms with Crippen LogP contribution in [0.5, 0.6) is 0 Å². The Kier molecular flexibility index (Phi) is 9.89. The highest BCUT2D eigenvalue weighted by Gasteiger charge is 2.24. The highest BCUT2D eigenvalue weighted by atomic mass is 16.1. The SMILES string of the molecule is C=C(CCCCCCCCCN)CC(=C)NC1CCCC1=O. The van der Waals surface area contributed by atoms with Gasteiger partial charge in [0.1, 0.15) is 0 Å². The van der Waals surface area contributed by atoms with Crippen molar-refractivity contribution in [3.8, 4) is 0 Å². The maximum absolute atomic E-state index is 11.6. The number of ketones is 1. The average Bonchev–Trinajstić information content (AvgIpc) is 2.87. The molecule has 126 valence electrons. The molecule has 0 amide bonds. The summed E-state index contributed by atoms with van der Waals surface area (Å²) in [7, 11) is 0. The summed E-state index contributed by atoms with van der Waals surface area (Å²) in [6.45, 7) is 9.01. The predicted octanol–water partition coefficient (Wildman–Crippen LogP) is 4.24. The lowest BCUT2D eigenvalue weighted by Crippen LogP contribution is -2.31. The van der Waals surface area contributed by atoms with E-state index in [1.54, 1.807) is 0 Å². The number of unbranched alkanes of at least 4 members (excludes halogenated alkanes) is 6. The van der Waals surface area contributed by atoms with Gasteiger partial charge in [0.25, 0.3) is 0 Å². The van der Waals surface area contributed by atoms with Crippen molar-refractivity contribution in [1.82, 2.24) is 5.32 Å². The number of carbonyl (C=O) groups is 1. The summed E-state index contributed by atoms with van der Waals surface area (Å²) in [4.78, 5) is 11.6. The fraction of sp³-hybridized carbons (Fsp3) is 0.737. The van der Waals surface area contributed by atoms with Crippen LogP contribution in [0.1, 0.15) is 77.0 Å². The number of nitrogens with one attached hydrogen (secondary N) is 1. The summed E-state index contributed by atoms with van der Waals surface area (Å²) in [5.74, 6) is 0.335. The van der Waals surface area contributed by atoms with Crippen LogP contribution in [-0.4, -0.2) is 18.4 Å². The van der Waals surface area contributed by atoms with Gasteiger partial charge in [-0.25, -0.2) is 0 Å². The van der Waals surface area contributed by atoms with Crippen molar-refractivity contribution < 1.29 is 4.79 Å². The summed E-state index contributed by atoms with van der Waals surface area (Å²) in [6, 6.07) is 0.00817. The average molecular weight is 306 g/mol. The molecule has 0 aromatic rings. The van der Waals surface area contributed by atoms with Gasteiger partial charge in [0, 0.05) is 18.5 Å². The van der Waals surface area contributed by atoms with E-state index in [4.69, 9.17) is 5.73 Å². The molecule has 1 aliphatic carbocycles. The molecule has 1 rings (SSSR count). The highest BCUT2D eigenvalue weighted by Crippen LogP contribution is 2.19. The first-order chi connectivity index (χ1) is 10.6. The van der Waals surface area contributed by atoms with Gasteiger partial charge in [-0.3, -0.25) is 4.79 Å². The second-order valence-corrected chi connectivity index (χ2v) is 6.60. The van der Waals surface area contributed by atoms with E-state index < -0.39 is 0 Å². The molecule has 0 aliphatic heterocycles. The Labute approximate surface area is 136 Å². The predicted molar refractivity (Wildman–Crippen MR) is 94.7 cm³/mol. The van der Waals surface area contributed by atoms with Crippen molar-refractivity contribution in [2.45, 2.75) is 83.1 Å². The zero-order valence-electron chi connectivity index (χ0n) is 14.2. The molecular weight excluding hydrogens is 272 g/mol. The molecular formula is C19H34N2O. The molecule has 0 aromatic carbocycles. The fourth-order valence-electron chi connectivity index (χ4n) is 3.06. The third-order valence-electron chi connectivity index (χ3n) is 4.38. The van der Waals surface area contributed by atoms with E-state index in [9.17, 15) is 4.79 Å². The third-order valence-corrected chi connectivity index (χ3v) is 4.38. The molecule has 3 N–H and O–H groups in total. The van der Waals surface area contributed by atoms with Crippen LogP contribution in [0.25, 0.3) is 0 Å². The number of allylic oxidation sites excluding steroid dienone is 1. The van der Waals surface area contributed by atoms with Crippen LogP contribution in [0.15, 0.2) is 24.4 Å². The fourth-order valence-corrected chi connectivity index (χ4v) is 3.06. The molecule has 0 spiro atoms. The van der Waals surface area contributed by atoms with E-state index in [2.05, 4.69) is 18.5 Å². The zero-order valence-corrected chi connectivity index (χ0v) is 14.2. The zero-order chi connectivity index (χ0) is 16.2. The maximum Gasteiger partial charge on any atom is 0.154 e. The number of hydrogen-bond donors (Lipinski definition) is 2. The van der Waals surface area contributed by atoms with Crippen molar-refractivity contribution >= 4 is 5.78 Å².